The summed E-state index contributed by atoms with van der Waals surface area (Å²) >= 11 is 0. The van der Waals surface area contributed by atoms with Gasteiger partial charge in [-0.25, -0.2) is 0 Å². The summed E-state index contributed by atoms with van der Waals surface area (Å²) in [7, 11) is 0. The van der Waals surface area contributed by atoms with Crippen molar-refractivity contribution < 1.29 is 4.79 Å². The van der Waals surface area contributed by atoms with Crippen molar-refractivity contribution in [2.24, 2.45) is 17.3 Å². The summed E-state index contributed by atoms with van der Waals surface area (Å²) in [4.78, 5) is 14.6. The van der Waals surface area contributed by atoms with Crippen LogP contribution in [-0.4, -0.2) is 36.5 Å². The predicted octanol–water partition coefficient (Wildman–Crippen LogP) is 3.05. The van der Waals surface area contributed by atoms with E-state index < -0.39 is 0 Å². The van der Waals surface area contributed by atoms with E-state index in [0.717, 1.165) is 25.6 Å². The highest BCUT2D eigenvalue weighted by atomic mass is 16.2. The molecule has 20 heavy (non-hydrogen) atoms. The van der Waals surface area contributed by atoms with Crippen molar-refractivity contribution in [1.29, 1.82) is 0 Å². The molecule has 2 unspecified atom stereocenters. The number of amides is 1. The molecule has 0 radical (unpaired) electrons. The smallest absolute Gasteiger partial charge is 0.228 e. The maximum Gasteiger partial charge on any atom is 0.228 e. The van der Waals surface area contributed by atoms with Crippen molar-refractivity contribution in [3.8, 4) is 0 Å². The largest absolute Gasteiger partial charge is 0.340 e. The lowest BCUT2D eigenvalue weighted by molar-refractivity contribution is -0.142. The van der Waals surface area contributed by atoms with Gasteiger partial charge in [0.25, 0.3) is 0 Å². The van der Waals surface area contributed by atoms with Gasteiger partial charge in [0.1, 0.15) is 0 Å². The second-order valence-electron chi connectivity index (χ2n) is 7.87. The van der Waals surface area contributed by atoms with E-state index in [1.165, 1.54) is 32.1 Å². The fourth-order valence-electron chi connectivity index (χ4n) is 3.32. The minimum absolute atomic E-state index is 0.256. The fraction of sp³-hybridized carbons (Fsp3) is 0.941. The Labute approximate surface area is 124 Å². The zero-order valence-corrected chi connectivity index (χ0v) is 13.7. The third-order valence-corrected chi connectivity index (χ3v) is 4.96. The van der Waals surface area contributed by atoms with E-state index in [9.17, 15) is 4.79 Å². The molecule has 0 aromatic carbocycles. The molecule has 1 saturated heterocycles. The van der Waals surface area contributed by atoms with Crippen molar-refractivity contribution in [3.63, 3.8) is 0 Å². The first-order valence-corrected chi connectivity index (χ1v) is 8.43. The van der Waals surface area contributed by atoms with E-state index in [-0.39, 0.29) is 5.41 Å². The number of nitrogens with zero attached hydrogens (tertiary/aromatic N) is 1. The van der Waals surface area contributed by atoms with E-state index in [2.05, 4.69) is 17.1 Å². The minimum Gasteiger partial charge on any atom is -0.340 e. The molecule has 2 aliphatic rings. The molecule has 2 rings (SSSR count). The number of likely N-dealkylation sites (tertiary alicyclic amines) is 1. The Morgan fingerprint density at radius 3 is 2.40 bits per heavy atom. The molecule has 3 nitrogen and oxygen atoms in total. The minimum atomic E-state index is -0.256. The highest BCUT2D eigenvalue weighted by Gasteiger charge is 2.34. The first kappa shape index (κ1) is 15.8. The molecule has 3 heteroatoms. The van der Waals surface area contributed by atoms with Crippen LogP contribution in [-0.2, 0) is 4.79 Å². The molecule has 1 saturated carbocycles. The molecule has 0 spiro atoms. The van der Waals surface area contributed by atoms with Crippen molar-refractivity contribution >= 4 is 5.91 Å². The van der Waals surface area contributed by atoms with Gasteiger partial charge in [-0.1, -0.05) is 40.5 Å². The Hall–Kier alpha value is -0.570. The lowest BCUT2D eigenvalue weighted by Crippen LogP contribution is -2.54. The van der Waals surface area contributed by atoms with Crippen LogP contribution >= 0.6 is 0 Å². The van der Waals surface area contributed by atoms with Crippen LogP contribution in [0.25, 0.3) is 0 Å². The third-order valence-electron chi connectivity index (χ3n) is 4.96. The van der Waals surface area contributed by atoms with Crippen LogP contribution in [0.15, 0.2) is 0 Å². The van der Waals surface area contributed by atoms with Gasteiger partial charge in [0.2, 0.25) is 5.91 Å². The van der Waals surface area contributed by atoms with Crippen molar-refractivity contribution in [1.82, 2.24) is 10.2 Å². The van der Waals surface area contributed by atoms with Crippen LogP contribution in [0.2, 0.25) is 0 Å². The number of piperidine rings is 1. The zero-order valence-electron chi connectivity index (χ0n) is 13.7. The second kappa shape index (κ2) is 6.46. The van der Waals surface area contributed by atoms with E-state index in [4.69, 9.17) is 0 Å². The van der Waals surface area contributed by atoms with Gasteiger partial charge in [-0.05, 0) is 37.6 Å². The van der Waals surface area contributed by atoms with E-state index in [1.54, 1.807) is 0 Å². The van der Waals surface area contributed by atoms with E-state index in [1.807, 2.05) is 20.8 Å². The summed E-state index contributed by atoms with van der Waals surface area (Å²) in [6, 6.07) is 0.501. The molecule has 2 fully saturated rings. The molecule has 0 bridgehead atoms. The number of hydrogen-bond donors (Lipinski definition) is 1. The molecule has 1 heterocycles. The SMILES string of the molecule is CCC1CC(NCC2CCC2)CN(C(=O)C(C)(C)C)C1. The molecule has 1 amide bonds. The number of rotatable bonds is 4. The number of carbonyl (C=O) groups is 1. The molecule has 0 aromatic rings. The maximum atomic E-state index is 12.5. The summed E-state index contributed by atoms with van der Waals surface area (Å²) in [5.41, 5.74) is -0.256. The molecular weight excluding hydrogens is 248 g/mol. The molecule has 1 aliphatic carbocycles. The van der Waals surface area contributed by atoms with E-state index in [0.29, 0.717) is 17.9 Å². The van der Waals surface area contributed by atoms with Gasteiger partial charge in [-0.15, -0.1) is 0 Å². The van der Waals surface area contributed by atoms with Gasteiger partial charge in [-0.2, -0.15) is 0 Å². The number of nitrogens with one attached hydrogen (secondary N) is 1. The predicted molar refractivity (Wildman–Crippen MR) is 83.6 cm³/mol. The normalized spacial score (nSPS) is 28.3. The zero-order chi connectivity index (χ0) is 14.8. The molecule has 2 atom stereocenters. The van der Waals surface area contributed by atoms with Crippen LogP contribution < -0.4 is 5.32 Å². The van der Waals surface area contributed by atoms with Gasteiger partial charge < -0.3 is 10.2 Å². The van der Waals surface area contributed by atoms with Gasteiger partial charge >= 0.3 is 0 Å². The summed E-state index contributed by atoms with van der Waals surface area (Å²) in [6.07, 6.45) is 6.60. The lowest BCUT2D eigenvalue weighted by atomic mass is 9.84. The topological polar surface area (TPSA) is 32.3 Å². The molecule has 1 N–H and O–H groups in total. The molecular formula is C17H32N2O. The van der Waals surface area contributed by atoms with Crippen LogP contribution in [0.5, 0.6) is 0 Å². The first-order chi connectivity index (χ1) is 9.40. The monoisotopic (exact) mass is 280 g/mol. The Balaban J connectivity index is 1.90. The van der Waals surface area contributed by atoms with Gasteiger partial charge in [0.05, 0.1) is 0 Å². The Morgan fingerprint density at radius 1 is 1.20 bits per heavy atom. The van der Waals surface area contributed by atoms with Crippen molar-refractivity contribution in [2.45, 2.75) is 65.8 Å². The number of carbonyl (C=O) groups excluding carboxylic acids is 1. The fourth-order valence-corrected chi connectivity index (χ4v) is 3.32. The highest BCUT2D eigenvalue weighted by molar-refractivity contribution is 5.81. The van der Waals surface area contributed by atoms with Gasteiger partial charge in [-0.3, -0.25) is 4.79 Å². The Bertz CT molecular complexity index is 330. The summed E-state index contributed by atoms with van der Waals surface area (Å²) in [5, 5.41) is 3.73. The van der Waals surface area contributed by atoms with Crippen LogP contribution in [0.1, 0.15) is 59.8 Å². The van der Waals surface area contributed by atoms with Crippen LogP contribution in [0.4, 0.5) is 0 Å². The first-order valence-electron chi connectivity index (χ1n) is 8.43. The maximum absolute atomic E-state index is 12.5. The highest BCUT2D eigenvalue weighted by Crippen LogP contribution is 2.28. The molecule has 1 aliphatic heterocycles. The summed E-state index contributed by atoms with van der Waals surface area (Å²) in [6.45, 7) is 11.3. The van der Waals surface area contributed by atoms with Crippen molar-refractivity contribution in [2.75, 3.05) is 19.6 Å². The number of hydrogen-bond acceptors (Lipinski definition) is 2. The van der Waals surface area contributed by atoms with Crippen molar-refractivity contribution in [3.05, 3.63) is 0 Å². The van der Waals surface area contributed by atoms with Crippen LogP contribution in [0, 0.1) is 17.3 Å². The van der Waals surface area contributed by atoms with Gasteiger partial charge in [0.15, 0.2) is 0 Å². The molecule has 116 valence electrons. The Morgan fingerprint density at radius 2 is 1.90 bits per heavy atom. The average Bonchev–Trinajstić information content (AvgIpc) is 2.34. The lowest BCUT2D eigenvalue weighted by Gasteiger charge is -2.41. The quantitative estimate of drug-likeness (QED) is 0.858. The summed E-state index contributed by atoms with van der Waals surface area (Å²) < 4.78 is 0. The average molecular weight is 280 g/mol. The third kappa shape index (κ3) is 3.97. The Kier molecular flexibility index (Phi) is 5.11. The van der Waals surface area contributed by atoms with Crippen LogP contribution in [0.3, 0.4) is 0 Å². The van der Waals surface area contributed by atoms with E-state index >= 15 is 0 Å². The van der Waals surface area contributed by atoms with Gasteiger partial charge in [0, 0.05) is 24.5 Å². The summed E-state index contributed by atoms with van der Waals surface area (Å²) in [5.74, 6) is 1.86. The second-order valence-corrected chi connectivity index (χ2v) is 7.87. The molecule has 0 aromatic heterocycles. The standard InChI is InChI=1S/C17H32N2O/c1-5-13-9-15(18-10-14-7-6-8-14)12-19(11-13)16(20)17(2,3)4/h13-15,18H,5-12H2,1-4H3.